The summed E-state index contributed by atoms with van der Waals surface area (Å²) in [6, 6.07) is 30.9. The van der Waals surface area contributed by atoms with E-state index in [1.54, 1.807) is 0 Å². The molecule has 1 radical (unpaired) electrons. The van der Waals surface area contributed by atoms with Crippen molar-refractivity contribution in [1.82, 2.24) is 15.0 Å². The van der Waals surface area contributed by atoms with Crippen molar-refractivity contribution in [2.45, 2.75) is 74.7 Å². The second-order valence-electron chi connectivity index (χ2n) is 14.5. The topological polar surface area (TPSA) is 51.8 Å². The van der Waals surface area contributed by atoms with Gasteiger partial charge in [0.2, 0.25) is 0 Å². The van der Waals surface area contributed by atoms with E-state index in [-0.39, 0.29) is 20.1 Å². The van der Waals surface area contributed by atoms with Crippen LogP contribution >= 0.6 is 0 Å². The van der Waals surface area contributed by atoms with Crippen LogP contribution in [0.25, 0.3) is 44.5 Å². The Bertz CT molecular complexity index is 2230. The zero-order valence-electron chi connectivity index (χ0n) is 31.0. The molecular formula is C46H47IrN3O-2. The molecule has 0 aliphatic heterocycles. The molecule has 263 valence electrons. The fourth-order valence-corrected chi connectivity index (χ4v) is 6.43. The molecule has 4 aromatic heterocycles. The fraction of sp³-hybridized carbons (Fsp3) is 0.283. The minimum Gasteiger partial charge on any atom is -0.500 e. The van der Waals surface area contributed by atoms with Crippen molar-refractivity contribution in [1.29, 1.82) is 0 Å². The quantitative estimate of drug-likeness (QED) is 0.143. The van der Waals surface area contributed by atoms with Gasteiger partial charge in [-0.25, -0.2) is 0 Å². The van der Waals surface area contributed by atoms with Crippen LogP contribution in [0.1, 0.15) is 72.3 Å². The number of hydrogen-bond donors (Lipinski definition) is 0. The first-order valence-electron chi connectivity index (χ1n) is 17.7. The summed E-state index contributed by atoms with van der Waals surface area (Å²) >= 11 is 0. The molecule has 0 aliphatic carbocycles. The summed E-state index contributed by atoms with van der Waals surface area (Å²) in [4.78, 5) is 13.8. The number of pyridine rings is 3. The summed E-state index contributed by atoms with van der Waals surface area (Å²) < 4.78 is 6.44. The molecule has 7 aromatic rings. The van der Waals surface area contributed by atoms with Crippen molar-refractivity contribution >= 4 is 21.9 Å². The zero-order valence-corrected chi connectivity index (χ0v) is 33.4. The van der Waals surface area contributed by atoms with E-state index in [9.17, 15) is 0 Å². The smallest absolute Gasteiger partial charge is 0.121 e. The minimum absolute atomic E-state index is 0. The van der Waals surface area contributed by atoms with Gasteiger partial charge in [0, 0.05) is 37.9 Å². The van der Waals surface area contributed by atoms with Gasteiger partial charge in [-0.15, -0.1) is 35.4 Å². The van der Waals surface area contributed by atoms with Gasteiger partial charge in [0.25, 0.3) is 0 Å². The Balaban J connectivity index is 0.000000226. The fourth-order valence-electron chi connectivity index (χ4n) is 6.43. The summed E-state index contributed by atoms with van der Waals surface area (Å²) in [6.07, 6.45) is 10.1. The van der Waals surface area contributed by atoms with E-state index in [0.29, 0.717) is 11.8 Å². The normalized spacial score (nSPS) is 11.2. The van der Waals surface area contributed by atoms with Crippen LogP contribution in [0.4, 0.5) is 0 Å². The summed E-state index contributed by atoms with van der Waals surface area (Å²) in [7, 11) is 0. The number of aromatic nitrogens is 3. The predicted molar refractivity (Wildman–Crippen MR) is 207 cm³/mol. The standard InChI is InChI=1S/C29H27N2O.C17H20N.Ir/c1-18(2)12-23-15-26(31-16-19(23)3)25-17-30-20(4)28-24-11-10-22(14-27(24)32-29(25)28)13-21-8-6-5-7-9-21;1-12(2)9-16-10-17(18-11-14(16)4)15-7-5-13(3)6-8-15;/h5-11,14-16,18H,12-13H2,1-4H3;5-7,10-12H,9H2,1-4H3;/q2*-1;. The van der Waals surface area contributed by atoms with Crippen molar-refractivity contribution in [3.05, 3.63) is 148 Å². The number of hydrogen-bond acceptors (Lipinski definition) is 4. The molecule has 51 heavy (non-hydrogen) atoms. The van der Waals surface area contributed by atoms with Gasteiger partial charge in [0.1, 0.15) is 5.58 Å². The largest absolute Gasteiger partial charge is 0.500 e. The number of aryl methyl sites for hydroxylation is 4. The molecule has 0 amide bonds. The van der Waals surface area contributed by atoms with Gasteiger partial charge < -0.3 is 19.4 Å². The maximum absolute atomic E-state index is 6.44. The summed E-state index contributed by atoms with van der Waals surface area (Å²) in [5, 5.41) is 2.14. The zero-order chi connectivity index (χ0) is 35.4. The molecule has 0 aliphatic rings. The molecule has 7 rings (SSSR count). The van der Waals surface area contributed by atoms with Crippen molar-refractivity contribution in [3.8, 4) is 22.5 Å². The molecule has 0 atom stereocenters. The van der Waals surface area contributed by atoms with E-state index in [0.717, 1.165) is 69.4 Å². The van der Waals surface area contributed by atoms with Crippen LogP contribution in [-0.2, 0) is 39.4 Å². The Morgan fingerprint density at radius 3 is 1.98 bits per heavy atom. The van der Waals surface area contributed by atoms with Gasteiger partial charge in [-0.2, -0.15) is 0 Å². The Hall–Kier alpha value is -4.44. The SMILES string of the molecule is Cc1c[c-]c(-c2cc(CC(C)C)c(C)cn2)cc1.Cc1cnc(-c2[c-]nc(C)c3c2oc2cc(Cc4ccccc4)ccc23)cc1CC(C)C.[Ir]. The second-order valence-corrected chi connectivity index (χ2v) is 14.5. The molecular weight excluding hydrogens is 803 g/mol. The average molecular weight is 850 g/mol. The average Bonchev–Trinajstić information content (AvgIpc) is 3.47. The van der Waals surface area contributed by atoms with Crippen LogP contribution in [0.2, 0.25) is 0 Å². The van der Waals surface area contributed by atoms with Gasteiger partial charge in [-0.3, -0.25) is 0 Å². The van der Waals surface area contributed by atoms with E-state index in [1.807, 2.05) is 31.5 Å². The molecule has 0 saturated carbocycles. The first-order valence-corrected chi connectivity index (χ1v) is 17.7. The van der Waals surface area contributed by atoms with Crippen LogP contribution in [0, 0.1) is 51.8 Å². The number of benzene rings is 3. The Labute approximate surface area is 317 Å². The minimum atomic E-state index is 0. The van der Waals surface area contributed by atoms with E-state index >= 15 is 0 Å². The van der Waals surface area contributed by atoms with Crippen molar-refractivity contribution < 1.29 is 24.5 Å². The molecule has 3 aromatic carbocycles. The third-order valence-electron chi connectivity index (χ3n) is 9.12. The van der Waals surface area contributed by atoms with Gasteiger partial charge in [-0.1, -0.05) is 113 Å². The first-order chi connectivity index (χ1) is 24.0. The van der Waals surface area contributed by atoms with Crippen LogP contribution in [0.5, 0.6) is 0 Å². The van der Waals surface area contributed by atoms with Crippen LogP contribution in [0.3, 0.4) is 0 Å². The van der Waals surface area contributed by atoms with Crippen LogP contribution < -0.4 is 0 Å². The third kappa shape index (κ3) is 9.08. The number of rotatable bonds is 8. The summed E-state index contributed by atoms with van der Waals surface area (Å²) in [5.41, 5.74) is 15.4. The number of nitrogens with zero attached hydrogens (tertiary/aromatic N) is 3. The number of fused-ring (bicyclic) bond motifs is 3. The molecule has 0 unspecified atom stereocenters. The molecule has 4 nitrogen and oxygen atoms in total. The second kappa shape index (κ2) is 16.7. The van der Waals surface area contributed by atoms with E-state index < -0.39 is 0 Å². The third-order valence-corrected chi connectivity index (χ3v) is 9.12. The van der Waals surface area contributed by atoms with Crippen LogP contribution in [0.15, 0.2) is 95.7 Å². The maximum Gasteiger partial charge on any atom is 0.121 e. The monoisotopic (exact) mass is 850 g/mol. The molecule has 0 N–H and O–H groups in total. The molecule has 5 heteroatoms. The van der Waals surface area contributed by atoms with Crippen LogP contribution in [-0.4, -0.2) is 15.0 Å². The van der Waals surface area contributed by atoms with Gasteiger partial charge in [0.05, 0.1) is 5.58 Å². The van der Waals surface area contributed by atoms with Crippen molar-refractivity contribution in [3.63, 3.8) is 0 Å². The van der Waals surface area contributed by atoms with Crippen molar-refractivity contribution in [2.75, 3.05) is 0 Å². The molecule has 4 heterocycles. The summed E-state index contributed by atoms with van der Waals surface area (Å²) in [5.74, 6) is 1.25. The van der Waals surface area contributed by atoms with Gasteiger partial charge >= 0.3 is 0 Å². The van der Waals surface area contributed by atoms with Crippen molar-refractivity contribution in [2.24, 2.45) is 11.8 Å². The van der Waals surface area contributed by atoms with Gasteiger partial charge in [-0.05, 0) is 102 Å². The Morgan fingerprint density at radius 2 is 1.35 bits per heavy atom. The number of furan rings is 1. The van der Waals surface area contributed by atoms with E-state index in [4.69, 9.17) is 9.40 Å². The first kappa shape index (κ1) is 37.8. The molecule has 0 spiro atoms. The Morgan fingerprint density at radius 1 is 0.706 bits per heavy atom. The van der Waals surface area contributed by atoms with E-state index in [1.165, 1.54) is 38.9 Å². The molecule has 0 bridgehead atoms. The molecule has 0 saturated heterocycles. The Kier molecular flexibility index (Phi) is 12.4. The predicted octanol–water partition coefficient (Wildman–Crippen LogP) is 11.6. The summed E-state index contributed by atoms with van der Waals surface area (Å²) in [6.45, 7) is 17.3. The molecule has 0 fully saturated rings. The maximum atomic E-state index is 6.44. The van der Waals surface area contributed by atoms with Gasteiger partial charge in [0.15, 0.2) is 0 Å². The van der Waals surface area contributed by atoms with E-state index in [2.05, 4.69) is 137 Å².